The Kier molecular flexibility index (Phi) is 12.5. The van der Waals surface area contributed by atoms with Gasteiger partial charge in [-0.3, -0.25) is 4.79 Å². The van der Waals surface area contributed by atoms with Crippen molar-refractivity contribution in [1.82, 2.24) is 4.72 Å². The van der Waals surface area contributed by atoms with Crippen molar-refractivity contribution in [3.63, 3.8) is 0 Å². The number of unbranched alkanes of at least 4 members (excludes halogenated alkanes) is 6. The van der Waals surface area contributed by atoms with Crippen molar-refractivity contribution >= 4 is 17.0 Å². The van der Waals surface area contributed by atoms with Crippen LogP contribution in [0.15, 0.2) is 0 Å². The predicted molar refractivity (Wildman–Crippen MR) is 104 cm³/mol. The molecular weight excluding hydrogens is 379 g/mol. The van der Waals surface area contributed by atoms with E-state index in [4.69, 9.17) is 4.74 Å². The number of rotatable bonds is 13. The van der Waals surface area contributed by atoms with Gasteiger partial charge in [-0.1, -0.05) is 51.9 Å². The van der Waals surface area contributed by atoms with E-state index in [0.29, 0.717) is 6.42 Å². The maximum absolute atomic E-state index is 13.6. The molecule has 8 heteroatoms. The number of esters is 1. The number of ether oxygens (including phenoxy) is 1. The van der Waals surface area contributed by atoms with E-state index in [1.165, 1.54) is 0 Å². The minimum Gasteiger partial charge on any atom is -0.466 e. The molecule has 0 radical (unpaired) electrons. The Morgan fingerprint density at radius 3 is 1.96 bits per heavy atom. The van der Waals surface area contributed by atoms with E-state index in [0.717, 1.165) is 38.5 Å². The van der Waals surface area contributed by atoms with Crippen molar-refractivity contribution in [3.05, 3.63) is 0 Å². The lowest BCUT2D eigenvalue weighted by molar-refractivity contribution is -0.179. The van der Waals surface area contributed by atoms with E-state index >= 15 is 0 Å². The smallest absolute Gasteiger partial charge is 0.405 e. The van der Waals surface area contributed by atoms with Crippen LogP contribution in [0.4, 0.5) is 13.2 Å². The van der Waals surface area contributed by atoms with Crippen molar-refractivity contribution in [1.29, 1.82) is 0 Å². The molecule has 0 fully saturated rings. The summed E-state index contributed by atoms with van der Waals surface area (Å²) in [5.74, 6) is -2.28. The minimum atomic E-state index is -4.69. The molecule has 0 aliphatic carbocycles. The highest BCUT2D eigenvalue weighted by molar-refractivity contribution is 7.84. The van der Waals surface area contributed by atoms with Crippen LogP contribution in [0, 0.1) is 5.92 Å². The average molecular weight is 416 g/mol. The lowest BCUT2D eigenvalue weighted by Crippen LogP contribution is -2.53. The summed E-state index contributed by atoms with van der Waals surface area (Å²) < 4.78 is 59.3. The first-order chi connectivity index (χ1) is 12.4. The van der Waals surface area contributed by atoms with E-state index in [2.05, 4.69) is 11.6 Å². The molecule has 1 N–H and O–H groups in total. The molecule has 0 saturated carbocycles. The Morgan fingerprint density at radius 2 is 1.52 bits per heavy atom. The topological polar surface area (TPSA) is 55.4 Å². The summed E-state index contributed by atoms with van der Waals surface area (Å²) in [5.41, 5.74) is 0. The molecule has 0 aromatic carbocycles. The molecule has 0 aliphatic rings. The Morgan fingerprint density at radius 1 is 1.00 bits per heavy atom. The number of halogens is 3. The fraction of sp³-hybridized carbons (Fsp3) is 0.947. The number of alkyl halides is 3. The summed E-state index contributed by atoms with van der Waals surface area (Å²) in [4.78, 5) is 12.2. The molecule has 27 heavy (non-hydrogen) atoms. The molecule has 0 aromatic heterocycles. The van der Waals surface area contributed by atoms with Gasteiger partial charge in [0.25, 0.3) is 0 Å². The van der Waals surface area contributed by atoms with Crippen LogP contribution < -0.4 is 4.72 Å². The Hall–Kier alpha value is -0.630. The second kappa shape index (κ2) is 12.8. The first kappa shape index (κ1) is 26.4. The molecule has 0 aliphatic heterocycles. The van der Waals surface area contributed by atoms with Gasteiger partial charge in [-0.05, 0) is 34.1 Å². The van der Waals surface area contributed by atoms with Crippen molar-refractivity contribution < 1.29 is 26.9 Å². The highest BCUT2D eigenvalue weighted by Crippen LogP contribution is 2.31. The second-order valence-electron chi connectivity index (χ2n) is 7.79. The number of carbonyl (C=O) groups excluding carboxylic acids is 1. The summed E-state index contributed by atoms with van der Waals surface area (Å²) in [5, 5.41) is 0. The Balaban J connectivity index is 5.06. The van der Waals surface area contributed by atoms with Gasteiger partial charge in [-0.2, -0.15) is 13.2 Å². The van der Waals surface area contributed by atoms with Crippen LogP contribution in [0.3, 0.4) is 0 Å². The zero-order chi connectivity index (χ0) is 21.1. The fourth-order valence-corrected chi connectivity index (χ4v) is 3.54. The zero-order valence-electron chi connectivity index (χ0n) is 17.3. The van der Waals surface area contributed by atoms with Gasteiger partial charge >= 0.3 is 12.1 Å². The molecule has 0 saturated heterocycles. The Bertz CT molecular complexity index is 450. The molecule has 0 amide bonds. The molecule has 3 atom stereocenters. The van der Waals surface area contributed by atoms with Crippen LogP contribution >= 0.6 is 0 Å². The number of nitrogens with one attached hydrogen (secondary N) is 1. The molecule has 0 spiro atoms. The third-order valence-corrected chi connectivity index (χ3v) is 5.83. The summed E-state index contributed by atoms with van der Waals surface area (Å²) in [6.07, 6.45) is 2.04. The first-order valence-electron chi connectivity index (χ1n) is 9.86. The van der Waals surface area contributed by atoms with E-state index in [-0.39, 0.29) is 13.0 Å². The van der Waals surface area contributed by atoms with Crippen LogP contribution in [-0.2, 0) is 20.5 Å². The maximum atomic E-state index is 13.6. The highest BCUT2D eigenvalue weighted by Gasteiger charge is 2.49. The van der Waals surface area contributed by atoms with Gasteiger partial charge in [0, 0.05) is 0 Å². The summed E-state index contributed by atoms with van der Waals surface area (Å²) in [6.45, 7) is 8.44. The molecule has 0 aromatic rings. The zero-order valence-corrected chi connectivity index (χ0v) is 18.1. The van der Waals surface area contributed by atoms with Gasteiger partial charge in [0.15, 0.2) is 0 Å². The van der Waals surface area contributed by atoms with E-state index in [9.17, 15) is 22.2 Å². The lowest BCUT2D eigenvalue weighted by Gasteiger charge is -2.30. The molecule has 162 valence electrons. The molecule has 0 unspecified atom stereocenters. The first-order valence-corrected chi connectivity index (χ1v) is 11.0. The van der Waals surface area contributed by atoms with Crippen LogP contribution in [0.25, 0.3) is 0 Å². The predicted octanol–water partition coefficient (Wildman–Crippen LogP) is 5.29. The summed E-state index contributed by atoms with van der Waals surface area (Å²) in [7, 11) is -1.95. The van der Waals surface area contributed by atoms with Gasteiger partial charge in [-0.15, -0.1) is 0 Å². The molecule has 0 bridgehead atoms. The van der Waals surface area contributed by atoms with Crippen molar-refractivity contribution in [3.8, 4) is 0 Å². The average Bonchev–Trinajstić information content (AvgIpc) is 2.54. The largest absolute Gasteiger partial charge is 0.466 e. The second-order valence-corrected chi connectivity index (χ2v) is 9.78. The van der Waals surface area contributed by atoms with Gasteiger partial charge in [0.2, 0.25) is 0 Å². The SMILES string of the molecule is CCCCCCCCC[C@H](C(=O)OCC)[C@H](N[S@@](=O)C(C)(C)C)C(F)(F)F. The molecule has 0 heterocycles. The van der Waals surface area contributed by atoms with E-state index in [1.807, 2.05) is 0 Å². The van der Waals surface area contributed by atoms with Gasteiger partial charge in [-0.25, -0.2) is 8.93 Å². The summed E-state index contributed by atoms with van der Waals surface area (Å²) in [6, 6.07) is -2.18. The molecule has 4 nitrogen and oxygen atoms in total. The van der Waals surface area contributed by atoms with Crippen molar-refractivity contribution in [2.45, 2.75) is 103 Å². The third-order valence-electron chi connectivity index (χ3n) is 4.25. The van der Waals surface area contributed by atoms with Crippen LogP contribution in [0.2, 0.25) is 0 Å². The van der Waals surface area contributed by atoms with Gasteiger partial charge < -0.3 is 4.74 Å². The van der Waals surface area contributed by atoms with Crippen LogP contribution in [0.1, 0.15) is 86.0 Å². The maximum Gasteiger partial charge on any atom is 0.405 e. The molecule has 0 rings (SSSR count). The van der Waals surface area contributed by atoms with Crippen LogP contribution in [-0.4, -0.2) is 33.8 Å². The van der Waals surface area contributed by atoms with Crippen molar-refractivity contribution in [2.24, 2.45) is 5.92 Å². The summed E-state index contributed by atoms with van der Waals surface area (Å²) >= 11 is 0. The van der Waals surface area contributed by atoms with Crippen molar-refractivity contribution in [2.75, 3.05) is 6.61 Å². The standard InChI is InChI=1S/C19H36F3NO3S/c1-6-8-9-10-11-12-13-14-15(17(24)26-7-2)16(19(20,21)22)23-27(25)18(3,4)5/h15-16,23H,6-14H2,1-5H3/t15-,16-,27-/m0/s1. The minimum absolute atomic E-state index is 0.0132. The van der Waals surface area contributed by atoms with Gasteiger partial charge in [0.05, 0.1) is 28.3 Å². The number of hydrogen-bond acceptors (Lipinski definition) is 3. The number of carbonyl (C=O) groups is 1. The van der Waals surface area contributed by atoms with Crippen LogP contribution in [0.5, 0.6) is 0 Å². The monoisotopic (exact) mass is 415 g/mol. The Labute approximate surface area is 164 Å². The normalized spacial score (nSPS) is 16.0. The molecular formula is C19H36F3NO3S. The van der Waals surface area contributed by atoms with E-state index < -0.39 is 39.8 Å². The lowest BCUT2D eigenvalue weighted by atomic mass is 9.93. The quantitative estimate of drug-likeness (QED) is 0.328. The highest BCUT2D eigenvalue weighted by atomic mass is 32.2. The van der Waals surface area contributed by atoms with Gasteiger partial charge in [0.1, 0.15) is 6.04 Å². The third kappa shape index (κ3) is 11.1. The number of hydrogen-bond donors (Lipinski definition) is 1. The van der Waals surface area contributed by atoms with E-state index in [1.54, 1.807) is 27.7 Å². The fourth-order valence-electron chi connectivity index (χ4n) is 2.66.